The quantitative estimate of drug-likeness (QED) is 0.742. The highest BCUT2D eigenvalue weighted by Crippen LogP contribution is 2.25. The first-order chi connectivity index (χ1) is 6.05. The van der Waals surface area contributed by atoms with E-state index in [1.165, 1.54) is 0 Å². The van der Waals surface area contributed by atoms with Gasteiger partial charge in [0.1, 0.15) is 6.10 Å². The number of ketones is 1. The molecule has 0 aromatic heterocycles. The number of rotatable bonds is 3. The van der Waals surface area contributed by atoms with Crippen LogP contribution in [0.15, 0.2) is 0 Å². The van der Waals surface area contributed by atoms with E-state index in [4.69, 9.17) is 5.11 Å². The second-order valence-corrected chi connectivity index (χ2v) is 2.52. The molecule has 8 heteroatoms. The van der Waals surface area contributed by atoms with Gasteiger partial charge in [0.2, 0.25) is 5.78 Å². The molecule has 1 N–H and O–H groups in total. The van der Waals surface area contributed by atoms with Crippen molar-refractivity contribution in [3.63, 3.8) is 0 Å². The summed E-state index contributed by atoms with van der Waals surface area (Å²) in [4.78, 5) is 10.1. The van der Waals surface area contributed by atoms with Crippen molar-refractivity contribution in [2.24, 2.45) is 0 Å². The molecule has 14 heavy (non-hydrogen) atoms. The van der Waals surface area contributed by atoms with E-state index in [1.807, 2.05) is 0 Å². The third-order valence-electron chi connectivity index (χ3n) is 1.34. The molecule has 0 spiro atoms. The molecule has 0 saturated heterocycles. The number of aliphatic hydroxyl groups is 1. The van der Waals surface area contributed by atoms with Gasteiger partial charge in [0.25, 0.3) is 0 Å². The highest BCUT2D eigenvalue weighted by Gasteiger charge is 2.42. The Morgan fingerprint density at radius 3 is 1.86 bits per heavy atom. The zero-order valence-corrected chi connectivity index (χ0v) is 6.61. The maximum atomic E-state index is 11.6. The third-order valence-corrected chi connectivity index (χ3v) is 1.34. The van der Waals surface area contributed by atoms with E-state index < -0.39 is 37.1 Å². The highest BCUT2D eigenvalue weighted by molar-refractivity contribution is 5.83. The van der Waals surface area contributed by atoms with E-state index in [-0.39, 0.29) is 0 Å². The van der Waals surface area contributed by atoms with Gasteiger partial charge < -0.3 is 5.11 Å². The van der Waals surface area contributed by atoms with Gasteiger partial charge in [-0.2, -0.15) is 26.3 Å². The molecule has 0 bridgehead atoms. The molecule has 2 nitrogen and oxygen atoms in total. The predicted octanol–water partition coefficient (Wildman–Crippen LogP) is 1.82. The van der Waals surface area contributed by atoms with Gasteiger partial charge in [0.15, 0.2) is 0 Å². The molecule has 0 rings (SSSR count). The maximum Gasteiger partial charge on any atom is 0.449 e. The largest absolute Gasteiger partial charge is 0.449 e. The molecule has 0 aliphatic heterocycles. The Balaban J connectivity index is 4.03. The molecule has 0 aromatic carbocycles. The third kappa shape index (κ3) is 4.45. The summed E-state index contributed by atoms with van der Waals surface area (Å²) in [5, 5.41) is 8.26. The van der Waals surface area contributed by atoms with Crippen LogP contribution < -0.4 is 0 Å². The van der Waals surface area contributed by atoms with Gasteiger partial charge in [0.05, 0.1) is 0 Å². The van der Waals surface area contributed by atoms with Crippen LogP contribution in [-0.2, 0) is 4.79 Å². The standard InChI is InChI=1S/C6H6F6O2/c7-5(8,9)3(13)1-2-4(14)6(10,11)12/h3,13H,1-2H2. The van der Waals surface area contributed by atoms with Crippen molar-refractivity contribution < 1.29 is 36.2 Å². The molecule has 0 heterocycles. The summed E-state index contributed by atoms with van der Waals surface area (Å²) in [6, 6.07) is 0. The summed E-state index contributed by atoms with van der Waals surface area (Å²) < 4.78 is 69.1. The van der Waals surface area contributed by atoms with E-state index in [0.29, 0.717) is 0 Å². The van der Waals surface area contributed by atoms with Crippen molar-refractivity contribution in [3.05, 3.63) is 0 Å². The second kappa shape index (κ2) is 4.16. The number of aliphatic hydroxyl groups excluding tert-OH is 1. The van der Waals surface area contributed by atoms with Crippen LogP contribution in [-0.4, -0.2) is 29.3 Å². The van der Waals surface area contributed by atoms with E-state index in [9.17, 15) is 31.1 Å². The molecule has 0 aliphatic carbocycles. The first-order valence-electron chi connectivity index (χ1n) is 3.40. The van der Waals surface area contributed by atoms with Gasteiger partial charge in [-0.15, -0.1) is 0 Å². The Kier molecular flexibility index (Phi) is 3.92. The molecule has 0 aliphatic rings. The molecular weight excluding hydrogens is 218 g/mol. The van der Waals surface area contributed by atoms with Crippen LogP contribution in [0.2, 0.25) is 0 Å². The van der Waals surface area contributed by atoms with Gasteiger partial charge in [-0.05, 0) is 6.42 Å². The van der Waals surface area contributed by atoms with Crippen molar-refractivity contribution in [1.82, 2.24) is 0 Å². The van der Waals surface area contributed by atoms with E-state index in [2.05, 4.69) is 0 Å². The number of halogens is 6. The molecule has 0 fully saturated rings. The fraction of sp³-hybridized carbons (Fsp3) is 0.833. The minimum atomic E-state index is -5.15. The second-order valence-electron chi connectivity index (χ2n) is 2.52. The van der Waals surface area contributed by atoms with E-state index in [0.717, 1.165) is 0 Å². The van der Waals surface area contributed by atoms with Crippen LogP contribution in [0.3, 0.4) is 0 Å². The number of carbonyl (C=O) groups excluding carboxylic acids is 1. The summed E-state index contributed by atoms with van der Waals surface area (Å²) in [7, 11) is 0. The first kappa shape index (κ1) is 13.2. The van der Waals surface area contributed by atoms with Crippen molar-refractivity contribution in [1.29, 1.82) is 0 Å². The Hall–Kier alpha value is -0.790. The van der Waals surface area contributed by atoms with Crippen LogP contribution in [0.25, 0.3) is 0 Å². The Morgan fingerprint density at radius 1 is 1.14 bits per heavy atom. The fourth-order valence-corrected chi connectivity index (χ4v) is 0.573. The Bertz CT molecular complexity index is 205. The zero-order chi connectivity index (χ0) is 11.6. The first-order valence-corrected chi connectivity index (χ1v) is 3.40. The number of hydrogen-bond donors (Lipinski definition) is 1. The molecule has 0 aromatic rings. The SMILES string of the molecule is O=C(CCC(O)C(F)(F)F)C(F)(F)F. The van der Waals surface area contributed by atoms with Crippen LogP contribution in [0.1, 0.15) is 12.8 Å². The van der Waals surface area contributed by atoms with Crippen LogP contribution in [0.4, 0.5) is 26.3 Å². The number of carbonyl (C=O) groups is 1. The summed E-state index contributed by atoms with van der Waals surface area (Å²) >= 11 is 0. The highest BCUT2D eigenvalue weighted by atomic mass is 19.4. The molecule has 1 atom stereocenters. The lowest BCUT2D eigenvalue weighted by atomic mass is 10.1. The summed E-state index contributed by atoms with van der Waals surface area (Å²) in [6.07, 6.45) is -15.7. The fourth-order valence-electron chi connectivity index (χ4n) is 0.573. The Morgan fingerprint density at radius 2 is 1.57 bits per heavy atom. The minimum absolute atomic E-state index is 1.28. The number of alkyl halides is 6. The normalized spacial score (nSPS) is 15.4. The lowest BCUT2D eigenvalue weighted by Crippen LogP contribution is -2.31. The van der Waals surface area contributed by atoms with Gasteiger partial charge in [-0.3, -0.25) is 4.79 Å². The van der Waals surface area contributed by atoms with Crippen LogP contribution >= 0.6 is 0 Å². The predicted molar refractivity (Wildman–Crippen MR) is 32.4 cm³/mol. The van der Waals surface area contributed by atoms with Crippen molar-refractivity contribution >= 4 is 5.78 Å². The summed E-state index contributed by atoms with van der Waals surface area (Å²) in [5.74, 6) is -2.28. The van der Waals surface area contributed by atoms with Crippen molar-refractivity contribution in [2.75, 3.05) is 0 Å². The average Bonchev–Trinajstić information content (AvgIpc) is 1.95. The van der Waals surface area contributed by atoms with Crippen molar-refractivity contribution in [2.45, 2.75) is 31.3 Å². The molecule has 0 radical (unpaired) electrons. The zero-order valence-electron chi connectivity index (χ0n) is 6.61. The van der Waals surface area contributed by atoms with Gasteiger partial charge in [-0.1, -0.05) is 0 Å². The number of Topliss-reactive ketones (excluding diaryl/α,β-unsaturated/α-hetero) is 1. The van der Waals surface area contributed by atoms with Gasteiger partial charge in [0, 0.05) is 6.42 Å². The van der Waals surface area contributed by atoms with Gasteiger partial charge in [-0.25, -0.2) is 0 Å². The van der Waals surface area contributed by atoms with Gasteiger partial charge >= 0.3 is 12.4 Å². The maximum absolute atomic E-state index is 11.6. The molecule has 0 saturated carbocycles. The lowest BCUT2D eigenvalue weighted by Gasteiger charge is -2.13. The van der Waals surface area contributed by atoms with E-state index >= 15 is 0 Å². The topological polar surface area (TPSA) is 37.3 Å². The smallest absolute Gasteiger partial charge is 0.384 e. The van der Waals surface area contributed by atoms with E-state index in [1.54, 1.807) is 0 Å². The number of hydrogen-bond acceptors (Lipinski definition) is 2. The molecule has 84 valence electrons. The van der Waals surface area contributed by atoms with Crippen LogP contribution in [0.5, 0.6) is 0 Å². The monoisotopic (exact) mass is 224 g/mol. The minimum Gasteiger partial charge on any atom is -0.384 e. The molecule has 1 unspecified atom stereocenters. The van der Waals surface area contributed by atoms with Crippen LogP contribution in [0, 0.1) is 0 Å². The lowest BCUT2D eigenvalue weighted by molar-refractivity contribution is -0.207. The summed E-state index contributed by atoms with van der Waals surface area (Å²) in [5.41, 5.74) is 0. The molecular formula is C6H6F6O2. The molecule has 0 amide bonds. The van der Waals surface area contributed by atoms with Crippen molar-refractivity contribution in [3.8, 4) is 0 Å². The average molecular weight is 224 g/mol. The summed E-state index contributed by atoms with van der Waals surface area (Å²) in [6.45, 7) is 0. The Labute approximate surface area is 74.5 Å².